The van der Waals surface area contributed by atoms with Crippen LogP contribution in [0.1, 0.15) is 26.2 Å². The molecule has 1 aliphatic rings. The number of benzene rings is 1. The summed E-state index contributed by atoms with van der Waals surface area (Å²) in [5.74, 6) is 0.479. The first-order chi connectivity index (χ1) is 9.50. The number of para-hydroxylation sites is 2. The molecule has 1 unspecified atom stereocenters. The Hall–Kier alpha value is -1.75. The van der Waals surface area contributed by atoms with Gasteiger partial charge in [-0.05, 0) is 38.3 Å². The quantitative estimate of drug-likeness (QED) is 0.849. The Bertz CT molecular complexity index is 474. The number of hydrogen-bond acceptors (Lipinski definition) is 4. The molecule has 0 radical (unpaired) electrons. The SMILES string of the molecule is CC(N)(CCCN1CCCOc2ccccc21)C(N)=O. The molecule has 1 aromatic carbocycles. The Balaban J connectivity index is 1.98. The number of carbonyl (C=O) groups is 1. The Labute approximate surface area is 119 Å². The molecule has 0 saturated heterocycles. The smallest absolute Gasteiger partial charge is 0.237 e. The number of nitrogens with two attached hydrogens (primary N) is 2. The molecule has 1 aliphatic heterocycles. The number of rotatable bonds is 5. The van der Waals surface area contributed by atoms with Crippen molar-refractivity contribution in [2.45, 2.75) is 31.7 Å². The van der Waals surface area contributed by atoms with Gasteiger partial charge in [0.25, 0.3) is 0 Å². The summed E-state index contributed by atoms with van der Waals surface area (Å²) in [5.41, 5.74) is 11.4. The molecule has 1 heterocycles. The lowest BCUT2D eigenvalue weighted by Crippen LogP contribution is -2.49. The van der Waals surface area contributed by atoms with Gasteiger partial charge >= 0.3 is 0 Å². The molecule has 0 spiro atoms. The van der Waals surface area contributed by atoms with E-state index in [-0.39, 0.29) is 0 Å². The van der Waals surface area contributed by atoms with Crippen LogP contribution in [0.2, 0.25) is 0 Å². The third kappa shape index (κ3) is 3.42. The van der Waals surface area contributed by atoms with Crippen molar-refractivity contribution in [2.75, 3.05) is 24.6 Å². The van der Waals surface area contributed by atoms with Gasteiger partial charge in [-0.15, -0.1) is 0 Å². The van der Waals surface area contributed by atoms with Crippen molar-refractivity contribution in [1.82, 2.24) is 0 Å². The number of ether oxygens (including phenoxy) is 1. The van der Waals surface area contributed by atoms with Gasteiger partial charge in [-0.25, -0.2) is 0 Å². The van der Waals surface area contributed by atoms with Gasteiger partial charge in [0.2, 0.25) is 5.91 Å². The molecule has 0 aromatic heterocycles. The van der Waals surface area contributed by atoms with Crippen LogP contribution in [0.25, 0.3) is 0 Å². The average molecular weight is 277 g/mol. The minimum Gasteiger partial charge on any atom is -0.491 e. The van der Waals surface area contributed by atoms with E-state index in [2.05, 4.69) is 11.0 Å². The number of hydrogen-bond donors (Lipinski definition) is 2. The van der Waals surface area contributed by atoms with Crippen LogP contribution in [0.5, 0.6) is 5.75 Å². The first-order valence-electron chi connectivity index (χ1n) is 7.06. The average Bonchev–Trinajstić information content (AvgIpc) is 2.61. The molecule has 0 aliphatic carbocycles. The zero-order valence-electron chi connectivity index (χ0n) is 12.0. The second kappa shape index (κ2) is 6.13. The van der Waals surface area contributed by atoms with Gasteiger partial charge < -0.3 is 21.1 Å². The molecule has 0 saturated carbocycles. The summed E-state index contributed by atoms with van der Waals surface area (Å²) in [6.45, 7) is 4.23. The molecule has 2 rings (SSSR count). The van der Waals surface area contributed by atoms with E-state index in [0.29, 0.717) is 6.42 Å². The zero-order chi connectivity index (χ0) is 14.6. The summed E-state index contributed by atoms with van der Waals surface area (Å²) in [6.07, 6.45) is 2.40. The predicted molar refractivity (Wildman–Crippen MR) is 79.8 cm³/mol. The molecule has 1 atom stereocenters. The highest BCUT2D eigenvalue weighted by molar-refractivity contribution is 5.83. The topological polar surface area (TPSA) is 81.6 Å². The number of fused-ring (bicyclic) bond motifs is 1. The van der Waals surface area contributed by atoms with Crippen molar-refractivity contribution < 1.29 is 9.53 Å². The largest absolute Gasteiger partial charge is 0.491 e. The van der Waals surface area contributed by atoms with E-state index in [1.807, 2.05) is 18.2 Å². The first kappa shape index (κ1) is 14.7. The normalized spacial score (nSPS) is 17.6. The molecular weight excluding hydrogens is 254 g/mol. The predicted octanol–water partition coefficient (Wildman–Crippen LogP) is 1.26. The van der Waals surface area contributed by atoms with E-state index in [4.69, 9.17) is 16.2 Å². The maximum atomic E-state index is 11.2. The van der Waals surface area contributed by atoms with Gasteiger partial charge in [-0.2, -0.15) is 0 Å². The fourth-order valence-electron chi connectivity index (χ4n) is 2.39. The summed E-state index contributed by atoms with van der Waals surface area (Å²) in [7, 11) is 0. The van der Waals surface area contributed by atoms with Crippen LogP contribution in [0, 0.1) is 0 Å². The number of amides is 1. The standard InChI is InChI=1S/C15H23N3O2/c1-15(17,14(16)19)8-4-9-18-10-5-11-20-13-7-3-2-6-12(13)18/h2-3,6-7H,4-5,8-11,17H2,1H3,(H2,16,19). The van der Waals surface area contributed by atoms with Crippen LogP contribution in [-0.2, 0) is 4.79 Å². The van der Waals surface area contributed by atoms with Crippen molar-refractivity contribution in [3.8, 4) is 5.75 Å². The Morgan fingerprint density at radius 3 is 2.95 bits per heavy atom. The monoisotopic (exact) mass is 277 g/mol. The minimum atomic E-state index is -0.929. The summed E-state index contributed by atoms with van der Waals surface area (Å²) >= 11 is 0. The lowest BCUT2D eigenvalue weighted by Gasteiger charge is -2.26. The first-order valence-corrected chi connectivity index (χ1v) is 7.06. The van der Waals surface area contributed by atoms with E-state index < -0.39 is 11.4 Å². The van der Waals surface area contributed by atoms with Gasteiger partial charge in [0, 0.05) is 13.1 Å². The maximum absolute atomic E-state index is 11.2. The fraction of sp³-hybridized carbons (Fsp3) is 0.533. The van der Waals surface area contributed by atoms with Crippen molar-refractivity contribution in [2.24, 2.45) is 11.5 Å². The zero-order valence-corrected chi connectivity index (χ0v) is 12.0. The van der Waals surface area contributed by atoms with Crippen LogP contribution < -0.4 is 21.1 Å². The van der Waals surface area contributed by atoms with Crippen LogP contribution in [0.4, 0.5) is 5.69 Å². The highest BCUT2D eigenvalue weighted by Crippen LogP contribution is 2.30. The molecule has 1 amide bonds. The number of primary amides is 1. The highest BCUT2D eigenvalue weighted by Gasteiger charge is 2.25. The molecular formula is C15H23N3O2. The Morgan fingerprint density at radius 1 is 1.45 bits per heavy atom. The minimum absolute atomic E-state index is 0.447. The molecule has 0 fully saturated rings. The van der Waals surface area contributed by atoms with Gasteiger partial charge in [0.05, 0.1) is 17.8 Å². The molecule has 5 nitrogen and oxygen atoms in total. The molecule has 0 bridgehead atoms. The van der Waals surface area contributed by atoms with Crippen LogP contribution in [-0.4, -0.2) is 31.1 Å². The van der Waals surface area contributed by atoms with Gasteiger partial charge in [0.15, 0.2) is 0 Å². The summed E-state index contributed by atoms with van der Waals surface area (Å²) in [4.78, 5) is 13.5. The fourth-order valence-corrected chi connectivity index (χ4v) is 2.39. The van der Waals surface area contributed by atoms with Gasteiger partial charge in [-0.3, -0.25) is 4.79 Å². The van der Waals surface area contributed by atoms with E-state index in [1.165, 1.54) is 0 Å². The Morgan fingerprint density at radius 2 is 2.20 bits per heavy atom. The second-order valence-electron chi connectivity index (χ2n) is 5.54. The second-order valence-corrected chi connectivity index (χ2v) is 5.54. The lowest BCUT2D eigenvalue weighted by molar-refractivity contribution is -0.122. The molecule has 1 aromatic rings. The van der Waals surface area contributed by atoms with Crippen LogP contribution >= 0.6 is 0 Å². The third-order valence-electron chi connectivity index (χ3n) is 3.72. The summed E-state index contributed by atoms with van der Waals surface area (Å²) < 4.78 is 5.72. The highest BCUT2D eigenvalue weighted by atomic mass is 16.5. The number of nitrogens with zero attached hydrogens (tertiary/aromatic N) is 1. The maximum Gasteiger partial charge on any atom is 0.237 e. The lowest BCUT2D eigenvalue weighted by atomic mass is 9.96. The van der Waals surface area contributed by atoms with Gasteiger partial charge in [-0.1, -0.05) is 12.1 Å². The Kier molecular flexibility index (Phi) is 4.49. The third-order valence-corrected chi connectivity index (χ3v) is 3.72. The van der Waals surface area contributed by atoms with E-state index in [9.17, 15) is 4.79 Å². The van der Waals surface area contributed by atoms with E-state index in [1.54, 1.807) is 6.92 Å². The summed E-state index contributed by atoms with van der Waals surface area (Å²) in [6, 6.07) is 8.05. The van der Waals surface area contributed by atoms with Crippen molar-refractivity contribution in [3.05, 3.63) is 24.3 Å². The van der Waals surface area contributed by atoms with E-state index in [0.717, 1.165) is 44.0 Å². The molecule has 5 heteroatoms. The van der Waals surface area contributed by atoms with Crippen molar-refractivity contribution in [3.63, 3.8) is 0 Å². The van der Waals surface area contributed by atoms with Gasteiger partial charge in [0.1, 0.15) is 5.75 Å². The van der Waals surface area contributed by atoms with Crippen LogP contribution in [0.15, 0.2) is 24.3 Å². The molecule has 110 valence electrons. The summed E-state index contributed by atoms with van der Waals surface area (Å²) in [5, 5.41) is 0. The molecule has 4 N–H and O–H groups in total. The number of carbonyl (C=O) groups excluding carboxylic acids is 1. The van der Waals surface area contributed by atoms with Crippen molar-refractivity contribution >= 4 is 11.6 Å². The van der Waals surface area contributed by atoms with Crippen molar-refractivity contribution in [1.29, 1.82) is 0 Å². The van der Waals surface area contributed by atoms with Crippen LogP contribution in [0.3, 0.4) is 0 Å². The number of anilines is 1. The van der Waals surface area contributed by atoms with E-state index >= 15 is 0 Å². The molecule has 20 heavy (non-hydrogen) atoms.